The first kappa shape index (κ1) is 15.3. The number of benzene rings is 2. The predicted molar refractivity (Wildman–Crippen MR) is 88.0 cm³/mol. The average Bonchev–Trinajstić information content (AvgIpc) is 2.48. The summed E-state index contributed by atoms with van der Waals surface area (Å²) in [7, 11) is 0. The van der Waals surface area contributed by atoms with Crippen molar-refractivity contribution in [2.45, 2.75) is 26.7 Å². The molecule has 0 aliphatic carbocycles. The van der Waals surface area contributed by atoms with Crippen LogP contribution in [-0.2, 0) is 11.2 Å². The van der Waals surface area contributed by atoms with Crippen molar-refractivity contribution in [1.82, 2.24) is 5.32 Å². The van der Waals surface area contributed by atoms with E-state index in [0.29, 0.717) is 12.3 Å². The second-order valence-corrected chi connectivity index (χ2v) is 5.77. The summed E-state index contributed by atoms with van der Waals surface area (Å²) in [5.74, 6) is 0.721. The zero-order valence-electron chi connectivity index (χ0n) is 12.8. The fraction of sp³-hybridized carbons (Fsp3) is 0.316. The normalized spacial score (nSPS) is 10.6. The van der Waals surface area contributed by atoms with Crippen molar-refractivity contribution in [3.05, 3.63) is 60.2 Å². The van der Waals surface area contributed by atoms with E-state index in [9.17, 15) is 4.79 Å². The van der Waals surface area contributed by atoms with Gasteiger partial charge < -0.3 is 5.32 Å². The second kappa shape index (κ2) is 7.63. The number of hydrogen-bond acceptors (Lipinski definition) is 1. The molecular weight excluding hydrogens is 258 g/mol. The van der Waals surface area contributed by atoms with Gasteiger partial charge in [0.1, 0.15) is 0 Å². The molecular formula is C19H23NO. The van der Waals surface area contributed by atoms with Crippen molar-refractivity contribution in [3.8, 4) is 11.1 Å². The molecule has 1 amide bonds. The van der Waals surface area contributed by atoms with Gasteiger partial charge in [-0.2, -0.15) is 0 Å². The highest BCUT2D eigenvalue weighted by molar-refractivity contribution is 5.78. The SMILES string of the molecule is CC(C)CCNC(=O)Cc1ccc(-c2ccccc2)cc1. The first-order chi connectivity index (χ1) is 10.1. The van der Waals surface area contributed by atoms with Crippen molar-refractivity contribution < 1.29 is 4.79 Å². The third-order valence-electron chi connectivity index (χ3n) is 3.47. The Morgan fingerprint density at radius 3 is 2.19 bits per heavy atom. The first-order valence-electron chi connectivity index (χ1n) is 7.56. The maximum Gasteiger partial charge on any atom is 0.224 e. The number of nitrogens with one attached hydrogen (secondary N) is 1. The summed E-state index contributed by atoms with van der Waals surface area (Å²) in [6.07, 6.45) is 1.48. The van der Waals surface area contributed by atoms with E-state index in [4.69, 9.17) is 0 Å². The molecule has 2 aromatic carbocycles. The molecule has 2 nitrogen and oxygen atoms in total. The highest BCUT2D eigenvalue weighted by Gasteiger charge is 2.04. The lowest BCUT2D eigenvalue weighted by Gasteiger charge is -2.08. The van der Waals surface area contributed by atoms with Gasteiger partial charge in [-0.3, -0.25) is 4.79 Å². The summed E-state index contributed by atoms with van der Waals surface area (Å²) in [5, 5.41) is 2.97. The van der Waals surface area contributed by atoms with Crippen molar-refractivity contribution in [2.75, 3.05) is 6.54 Å². The summed E-state index contributed by atoms with van der Waals surface area (Å²) in [4.78, 5) is 11.8. The zero-order chi connectivity index (χ0) is 15.1. The minimum Gasteiger partial charge on any atom is -0.356 e. The maximum atomic E-state index is 11.8. The molecule has 0 aliphatic rings. The molecule has 0 atom stereocenters. The Bertz CT molecular complexity index is 558. The van der Waals surface area contributed by atoms with Gasteiger partial charge in [-0.05, 0) is 29.0 Å². The molecule has 0 unspecified atom stereocenters. The summed E-state index contributed by atoms with van der Waals surface area (Å²) in [5.41, 5.74) is 3.43. The third kappa shape index (κ3) is 5.07. The van der Waals surface area contributed by atoms with Gasteiger partial charge in [0, 0.05) is 6.54 Å². The van der Waals surface area contributed by atoms with Gasteiger partial charge in [0.2, 0.25) is 5.91 Å². The van der Waals surface area contributed by atoms with E-state index in [1.165, 1.54) is 11.1 Å². The molecule has 0 spiro atoms. The lowest BCUT2D eigenvalue weighted by Crippen LogP contribution is -2.26. The van der Waals surface area contributed by atoms with E-state index < -0.39 is 0 Å². The Hall–Kier alpha value is -2.09. The van der Waals surface area contributed by atoms with E-state index in [2.05, 4.69) is 43.4 Å². The summed E-state index contributed by atoms with van der Waals surface area (Å²) < 4.78 is 0. The van der Waals surface area contributed by atoms with Crippen LogP contribution in [0, 0.1) is 5.92 Å². The average molecular weight is 281 g/mol. The third-order valence-corrected chi connectivity index (χ3v) is 3.47. The van der Waals surface area contributed by atoms with Crippen LogP contribution in [0.3, 0.4) is 0 Å². The van der Waals surface area contributed by atoms with E-state index in [0.717, 1.165) is 18.5 Å². The van der Waals surface area contributed by atoms with Gasteiger partial charge in [-0.1, -0.05) is 68.4 Å². The van der Waals surface area contributed by atoms with E-state index in [-0.39, 0.29) is 5.91 Å². The summed E-state index contributed by atoms with van der Waals surface area (Å²) >= 11 is 0. The molecule has 2 aromatic rings. The quantitative estimate of drug-likeness (QED) is 0.850. The van der Waals surface area contributed by atoms with E-state index in [1.54, 1.807) is 0 Å². The Kier molecular flexibility index (Phi) is 5.56. The van der Waals surface area contributed by atoms with Gasteiger partial charge in [0.05, 0.1) is 6.42 Å². The largest absolute Gasteiger partial charge is 0.356 e. The molecule has 2 heteroatoms. The number of carbonyl (C=O) groups is 1. The molecule has 1 N–H and O–H groups in total. The number of amides is 1. The van der Waals surface area contributed by atoms with Crippen LogP contribution in [-0.4, -0.2) is 12.5 Å². The Labute approximate surface area is 127 Å². The topological polar surface area (TPSA) is 29.1 Å². The van der Waals surface area contributed by atoms with Gasteiger partial charge in [-0.15, -0.1) is 0 Å². The van der Waals surface area contributed by atoms with Gasteiger partial charge in [-0.25, -0.2) is 0 Å². The van der Waals surface area contributed by atoms with Crippen LogP contribution in [0.25, 0.3) is 11.1 Å². The summed E-state index contributed by atoms with van der Waals surface area (Å²) in [6, 6.07) is 18.5. The maximum absolute atomic E-state index is 11.8. The van der Waals surface area contributed by atoms with Gasteiger partial charge in [0.25, 0.3) is 0 Å². The monoisotopic (exact) mass is 281 g/mol. The smallest absolute Gasteiger partial charge is 0.224 e. The minimum absolute atomic E-state index is 0.100. The molecule has 0 fully saturated rings. The fourth-order valence-corrected chi connectivity index (χ4v) is 2.19. The predicted octanol–water partition coefficient (Wildman–Crippen LogP) is 4.06. The van der Waals surface area contributed by atoms with Crippen LogP contribution in [0.1, 0.15) is 25.8 Å². The Balaban J connectivity index is 1.89. The number of rotatable bonds is 6. The van der Waals surface area contributed by atoms with Crippen molar-refractivity contribution in [3.63, 3.8) is 0 Å². The number of hydrogen-bond donors (Lipinski definition) is 1. The molecule has 0 heterocycles. The van der Waals surface area contributed by atoms with Gasteiger partial charge in [0.15, 0.2) is 0 Å². The second-order valence-electron chi connectivity index (χ2n) is 5.77. The lowest BCUT2D eigenvalue weighted by atomic mass is 10.0. The molecule has 0 aromatic heterocycles. The Morgan fingerprint density at radius 1 is 0.952 bits per heavy atom. The van der Waals surface area contributed by atoms with Crippen molar-refractivity contribution >= 4 is 5.91 Å². The summed E-state index contributed by atoms with van der Waals surface area (Å²) in [6.45, 7) is 5.08. The fourth-order valence-electron chi connectivity index (χ4n) is 2.19. The number of carbonyl (C=O) groups excluding carboxylic acids is 1. The van der Waals surface area contributed by atoms with Crippen LogP contribution in [0.15, 0.2) is 54.6 Å². The molecule has 0 saturated carbocycles. The first-order valence-corrected chi connectivity index (χ1v) is 7.56. The highest BCUT2D eigenvalue weighted by Crippen LogP contribution is 2.19. The zero-order valence-corrected chi connectivity index (χ0v) is 12.8. The standard InChI is InChI=1S/C19H23NO/c1-15(2)12-13-20-19(21)14-16-8-10-18(11-9-16)17-6-4-3-5-7-17/h3-11,15H,12-14H2,1-2H3,(H,20,21). The minimum atomic E-state index is 0.100. The van der Waals surface area contributed by atoms with Crippen molar-refractivity contribution in [2.24, 2.45) is 5.92 Å². The van der Waals surface area contributed by atoms with Crippen LogP contribution >= 0.6 is 0 Å². The molecule has 0 saturated heterocycles. The Morgan fingerprint density at radius 2 is 1.57 bits per heavy atom. The van der Waals surface area contributed by atoms with Gasteiger partial charge >= 0.3 is 0 Å². The van der Waals surface area contributed by atoms with Crippen LogP contribution in [0.4, 0.5) is 0 Å². The lowest BCUT2D eigenvalue weighted by molar-refractivity contribution is -0.120. The van der Waals surface area contributed by atoms with E-state index in [1.807, 2.05) is 30.3 Å². The molecule has 110 valence electrons. The molecule has 0 bridgehead atoms. The van der Waals surface area contributed by atoms with Crippen LogP contribution < -0.4 is 5.32 Å². The highest BCUT2D eigenvalue weighted by atomic mass is 16.1. The molecule has 2 rings (SSSR count). The van der Waals surface area contributed by atoms with E-state index >= 15 is 0 Å². The molecule has 21 heavy (non-hydrogen) atoms. The van der Waals surface area contributed by atoms with Crippen molar-refractivity contribution in [1.29, 1.82) is 0 Å². The van der Waals surface area contributed by atoms with Crippen LogP contribution in [0.5, 0.6) is 0 Å². The molecule has 0 aliphatic heterocycles. The molecule has 0 radical (unpaired) electrons. The van der Waals surface area contributed by atoms with Crippen LogP contribution in [0.2, 0.25) is 0 Å².